The first kappa shape index (κ1) is 18.9. The van der Waals surface area contributed by atoms with Crippen LogP contribution in [0, 0.1) is 5.41 Å². The number of Topliss-reactive ketones (excluding diaryl/α,β-unsaturated/α-hetero) is 1. The first-order valence-corrected chi connectivity index (χ1v) is 10.6. The van der Waals surface area contributed by atoms with Crippen LogP contribution in [-0.4, -0.2) is 17.4 Å². The van der Waals surface area contributed by atoms with E-state index in [1.165, 1.54) is 0 Å². The van der Waals surface area contributed by atoms with Crippen molar-refractivity contribution in [3.8, 4) is 5.75 Å². The molecule has 1 aliphatic carbocycles. The summed E-state index contributed by atoms with van der Waals surface area (Å²) in [5.74, 6) is 0.975. The molecule has 4 nitrogen and oxygen atoms in total. The van der Waals surface area contributed by atoms with E-state index in [0.717, 1.165) is 51.2 Å². The number of hydrogen-bond acceptors (Lipinski definition) is 4. The van der Waals surface area contributed by atoms with Crippen molar-refractivity contribution in [1.82, 2.24) is 4.98 Å². The summed E-state index contributed by atoms with van der Waals surface area (Å²) in [4.78, 5) is 18.0. The number of aromatic nitrogens is 1. The molecule has 0 unspecified atom stereocenters. The minimum absolute atomic E-state index is 0.0395. The number of ketones is 1. The number of benzene rings is 2. The summed E-state index contributed by atoms with van der Waals surface area (Å²) in [6, 6.07) is 16.4. The summed E-state index contributed by atoms with van der Waals surface area (Å²) in [6.07, 6.45) is 3.25. The molecule has 0 saturated heterocycles. The largest absolute Gasteiger partial charge is 0.494 e. The summed E-state index contributed by atoms with van der Waals surface area (Å²) in [7, 11) is 0. The molecule has 2 aliphatic rings. The molecule has 0 fully saturated rings. The van der Waals surface area contributed by atoms with Crippen LogP contribution in [0.3, 0.4) is 0 Å². The molecule has 1 aromatic heterocycles. The van der Waals surface area contributed by atoms with Crippen molar-refractivity contribution in [2.24, 2.45) is 5.41 Å². The second kappa shape index (κ2) is 6.98. The highest BCUT2D eigenvalue weighted by Crippen LogP contribution is 2.50. The molecule has 1 N–H and O–H groups in total. The fourth-order valence-corrected chi connectivity index (χ4v) is 4.94. The number of nitrogens with one attached hydrogen (secondary N) is 1. The third-order valence-electron chi connectivity index (χ3n) is 6.13. The predicted molar refractivity (Wildman–Crippen MR) is 120 cm³/mol. The molecule has 0 spiro atoms. The molecule has 152 valence electrons. The Bertz CT molecular complexity index is 1180. The maximum absolute atomic E-state index is 13.4. The van der Waals surface area contributed by atoms with Gasteiger partial charge in [-0.1, -0.05) is 32.0 Å². The Kier molecular flexibility index (Phi) is 4.39. The van der Waals surface area contributed by atoms with E-state index in [0.29, 0.717) is 13.0 Å². The summed E-state index contributed by atoms with van der Waals surface area (Å²) >= 11 is 0. The van der Waals surface area contributed by atoms with Gasteiger partial charge in [0.15, 0.2) is 5.78 Å². The number of fused-ring (bicyclic) bond motifs is 3. The quantitative estimate of drug-likeness (QED) is 0.603. The van der Waals surface area contributed by atoms with E-state index in [1.807, 2.05) is 31.3 Å². The van der Waals surface area contributed by atoms with E-state index < -0.39 is 0 Å². The van der Waals surface area contributed by atoms with Gasteiger partial charge in [-0.3, -0.25) is 9.78 Å². The van der Waals surface area contributed by atoms with E-state index in [4.69, 9.17) is 4.74 Å². The average Bonchev–Trinajstić information content (AvgIpc) is 2.72. The van der Waals surface area contributed by atoms with Crippen LogP contribution in [0.2, 0.25) is 0 Å². The predicted octanol–water partition coefficient (Wildman–Crippen LogP) is 5.83. The number of pyridine rings is 1. The van der Waals surface area contributed by atoms with Gasteiger partial charge in [0.1, 0.15) is 5.75 Å². The second-order valence-electron chi connectivity index (χ2n) is 8.99. The van der Waals surface area contributed by atoms with Crippen LogP contribution >= 0.6 is 0 Å². The molecule has 2 heterocycles. The maximum atomic E-state index is 13.4. The van der Waals surface area contributed by atoms with Gasteiger partial charge >= 0.3 is 0 Å². The highest BCUT2D eigenvalue weighted by atomic mass is 16.5. The molecule has 3 aromatic rings. The highest BCUT2D eigenvalue weighted by molar-refractivity contribution is 6.04. The lowest BCUT2D eigenvalue weighted by Crippen LogP contribution is -2.33. The first-order chi connectivity index (χ1) is 14.5. The standard InChI is InChI=1S/C26H26N2O2/c1-4-30-17-9-7-16(8-10-17)23-24-18-6-5-13-27-19(18)11-12-20(24)28-21-14-26(2,3)15-22(29)25(21)23/h5-13,23,28H,4,14-15H2,1-3H3/t23-/m1/s1. The third kappa shape index (κ3) is 3.07. The second-order valence-corrected chi connectivity index (χ2v) is 8.99. The van der Waals surface area contributed by atoms with Crippen molar-refractivity contribution >= 4 is 22.4 Å². The summed E-state index contributed by atoms with van der Waals surface area (Å²) in [5.41, 5.74) is 6.19. The van der Waals surface area contributed by atoms with E-state index >= 15 is 0 Å². The van der Waals surface area contributed by atoms with Crippen LogP contribution < -0.4 is 10.1 Å². The number of anilines is 1. The summed E-state index contributed by atoms with van der Waals surface area (Å²) in [6.45, 7) is 6.95. The molecule has 1 atom stereocenters. The van der Waals surface area contributed by atoms with E-state index in [1.54, 1.807) is 0 Å². The molecule has 0 amide bonds. The van der Waals surface area contributed by atoms with E-state index in [-0.39, 0.29) is 17.1 Å². The van der Waals surface area contributed by atoms with Crippen molar-refractivity contribution in [3.05, 3.63) is 77.1 Å². The zero-order chi connectivity index (χ0) is 20.9. The SMILES string of the molecule is CCOc1ccc([C@H]2C3=C(CC(C)(C)CC3=O)Nc3ccc4ncccc4c32)cc1. The Balaban J connectivity index is 1.75. The Labute approximate surface area is 177 Å². The van der Waals surface area contributed by atoms with Crippen molar-refractivity contribution in [2.45, 2.75) is 39.5 Å². The topological polar surface area (TPSA) is 51.2 Å². The molecule has 0 saturated carbocycles. The van der Waals surface area contributed by atoms with Crippen molar-refractivity contribution in [2.75, 3.05) is 11.9 Å². The molecule has 4 heteroatoms. The van der Waals surface area contributed by atoms with Gasteiger partial charge in [0, 0.05) is 40.9 Å². The van der Waals surface area contributed by atoms with Gasteiger partial charge in [-0.05, 0) is 60.2 Å². The zero-order valence-electron chi connectivity index (χ0n) is 17.7. The molecular weight excluding hydrogens is 372 g/mol. The number of carbonyl (C=O) groups excluding carboxylic acids is 1. The van der Waals surface area contributed by atoms with Gasteiger partial charge in [-0.25, -0.2) is 0 Å². The number of nitrogens with zero attached hydrogens (tertiary/aromatic N) is 1. The van der Waals surface area contributed by atoms with Crippen LogP contribution in [0.15, 0.2) is 66.0 Å². The van der Waals surface area contributed by atoms with Gasteiger partial charge in [-0.15, -0.1) is 0 Å². The lowest BCUT2D eigenvalue weighted by atomic mass is 9.68. The molecule has 0 bridgehead atoms. The van der Waals surface area contributed by atoms with Gasteiger partial charge in [0.25, 0.3) is 0 Å². The normalized spacial score (nSPS) is 19.8. The van der Waals surface area contributed by atoms with Gasteiger partial charge in [-0.2, -0.15) is 0 Å². The highest BCUT2D eigenvalue weighted by Gasteiger charge is 2.41. The number of allylic oxidation sites excluding steroid dienone is 2. The number of ether oxygens (including phenoxy) is 1. The Morgan fingerprint density at radius 2 is 1.90 bits per heavy atom. The van der Waals surface area contributed by atoms with Crippen LogP contribution in [0.4, 0.5) is 5.69 Å². The molecule has 2 aromatic carbocycles. The van der Waals surface area contributed by atoms with Crippen molar-refractivity contribution < 1.29 is 9.53 Å². The monoisotopic (exact) mass is 398 g/mol. The summed E-state index contributed by atoms with van der Waals surface area (Å²) in [5, 5.41) is 4.70. The number of hydrogen-bond donors (Lipinski definition) is 1. The van der Waals surface area contributed by atoms with E-state index in [9.17, 15) is 4.79 Å². The molecule has 30 heavy (non-hydrogen) atoms. The zero-order valence-corrected chi connectivity index (χ0v) is 17.7. The van der Waals surface area contributed by atoms with Crippen LogP contribution in [0.5, 0.6) is 5.75 Å². The average molecular weight is 399 g/mol. The van der Waals surface area contributed by atoms with Crippen molar-refractivity contribution in [3.63, 3.8) is 0 Å². The Morgan fingerprint density at radius 3 is 2.67 bits per heavy atom. The molecule has 0 radical (unpaired) electrons. The minimum Gasteiger partial charge on any atom is -0.494 e. The third-order valence-corrected chi connectivity index (χ3v) is 6.13. The molecule has 1 aliphatic heterocycles. The van der Waals surface area contributed by atoms with Crippen LogP contribution in [0.1, 0.15) is 50.7 Å². The number of rotatable bonds is 3. The van der Waals surface area contributed by atoms with Crippen LogP contribution in [-0.2, 0) is 4.79 Å². The lowest BCUT2D eigenvalue weighted by molar-refractivity contribution is -0.118. The smallest absolute Gasteiger partial charge is 0.162 e. The van der Waals surface area contributed by atoms with Crippen LogP contribution in [0.25, 0.3) is 10.9 Å². The van der Waals surface area contributed by atoms with E-state index in [2.05, 4.69) is 54.5 Å². The summed E-state index contributed by atoms with van der Waals surface area (Å²) < 4.78 is 5.64. The Hall–Kier alpha value is -3.14. The van der Waals surface area contributed by atoms with Gasteiger partial charge < -0.3 is 10.1 Å². The first-order valence-electron chi connectivity index (χ1n) is 10.6. The maximum Gasteiger partial charge on any atom is 0.162 e. The van der Waals surface area contributed by atoms with Gasteiger partial charge in [0.2, 0.25) is 0 Å². The molecule has 5 rings (SSSR count). The fraction of sp³-hybridized carbons (Fsp3) is 0.308. The molecular formula is C26H26N2O2. The lowest BCUT2D eigenvalue weighted by Gasteiger charge is -2.40. The van der Waals surface area contributed by atoms with Gasteiger partial charge in [0.05, 0.1) is 12.1 Å². The fourth-order valence-electron chi connectivity index (χ4n) is 4.94. The Morgan fingerprint density at radius 1 is 1.10 bits per heavy atom. The minimum atomic E-state index is -0.108. The van der Waals surface area contributed by atoms with Crippen molar-refractivity contribution in [1.29, 1.82) is 0 Å². The number of carbonyl (C=O) groups is 1.